The minimum absolute atomic E-state index is 0.00171. The van der Waals surface area contributed by atoms with E-state index in [0.29, 0.717) is 6.54 Å². The van der Waals surface area contributed by atoms with E-state index in [4.69, 9.17) is 4.74 Å². The van der Waals surface area contributed by atoms with Gasteiger partial charge in [0, 0.05) is 19.6 Å². The fourth-order valence-electron chi connectivity index (χ4n) is 2.30. The number of carbonyl (C=O) groups is 1. The maximum atomic E-state index is 12.8. The molecule has 7 nitrogen and oxygen atoms in total. The normalized spacial score (nSPS) is 20.2. The van der Waals surface area contributed by atoms with Gasteiger partial charge in [-0.3, -0.25) is 4.79 Å². The molecule has 0 bridgehead atoms. The van der Waals surface area contributed by atoms with Gasteiger partial charge in [-0.1, -0.05) is 6.07 Å². The molecule has 1 aliphatic rings. The number of nitrogens with zero attached hydrogens (tertiary/aromatic N) is 1. The van der Waals surface area contributed by atoms with E-state index >= 15 is 0 Å². The highest BCUT2D eigenvalue weighted by Gasteiger charge is 2.38. The monoisotopic (exact) mass is 314 g/mol. The lowest BCUT2D eigenvalue weighted by atomic mass is 10.2. The lowest BCUT2D eigenvalue weighted by Gasteiger charge is -2.32. The van der Waals surface area contributed by atoms with Crippen molar-refractivity contribution in [1.29, 1.82) is 0 Å². The summed E-state index contributed by atoms with van der Waals surface area (Å²) in [5.41, 5.74) is 0.761. The Morgan fingerprint density at radius 1 is 1.48 bits per heavy atom. The maximum absolute atomic E-state index is 12.8. The van der Waals surface area contributed by atoms with Crippen LogP contribution >= 0.6 is 0 Å². The van der Waals surface area contributed by atoms with Crippen LogP contribution in [0, 0.1) is 6.92 Å². The first kappa shape index (κ1) is 15.7. The first-order valence-electron chi connectivity index (χ1n) is 6.48. The van der Waals surface area contributed by atoms with Crippen molar-refractivity contribution in [2.75, 3.05) is 26.7 Å². The van der Waals surface area contributed by atoms with Crippen molar-refractivity contribution >= 4 is 16.0 Å². The summed E-state index contributed by atoms with van der Waals surface area (Å²) in [7, 11) is -2.55. The molecule has 116 valence electrons. The first-order valence-corrected chi connectivity index (χ1v) is 7.92. The second kappa shape index (κ2) is 6.00. The Kier molecular flexibility index (Phi) is 4.50. The average Bonchev–Trinajstić information content (AvgIpc) is 2.47. The number of rotatable bonds is 4. The number of carboxylic acids is 1. The van der Waals surface area contributed by atoms with E-state index in [0.717, 1.165) is 9.87 Å². The molecule has 0 aromatic heterocycles. The maximum Gasteiger partial charge on any atom is 0.323 e. The van der Waals surface area contributed by atoms with Crippen molar-refractivity contribution in [2.45, 2.75) is 17.9 Å². The summed E-state index contributed by atoms with van der Waals surface area (Å²) in [6, 6.07) is 3.69. The molecular formula is C13H18N2O5S. The fourth-order valence-corrected chi connectivity index (χ4v) is 4.12. The molecule has 1 fully saturated rings. The minimum Gasteiger partial charge on any atom is -0.495 e. The van der Waals surface area contributed by atoms with Crippen molar-refractivity contribution in [3.8, 4) is 5.75 Å². The largest absolute Gasteiger partial charge is 0.495 e. The molecular weight excluding hydrogens is 296 g/mol. The van der Waals surface area contributed by atoms with Gasteiger partial charge >= 0.3 is 5.97 Å². The molecule has 0 aliphatic carbocycles. The lowest BCUT2D eigenvalue weighted by Crippen LogP contribution is -2.56. The highest BCUT2D eigenvalue weighted by Crippen LogP contribution is 2.29. The van der Waals surface area contributed by atoms with Crippen molar-refractivity contribution < 1.29 is 23.1 Å². The highest BCUT2D eigenvalue weighted by atomic mass is 32.2. The zero-order chi connectivity index (χ0) is 15.6. The van der Waals surface area contributed by atoms with Crippen LogP contribution in [0.5, 0.6) is 5.75 Å². The molecule has 0 radical (unpaired) electrons. The van der Waals surface area contributed by atoms with Gasteiger partial charge in [-0.2, -0.15) is 4.31 Å². The van der Waals surface area contributed by atoms with Gasteiger partial charge in [0.1, 0.15) is 16.7 Å². The van der Waals surface area contributed by atoms with Crippen LogP contribution in [0.3, 0.4) is 0 Å². The number of aryl methyl sites for hydroxylation is 1. The summed E-state index contributed by atoms with van der Waals surface area (Å²) >= 11 is 0. The standard InChI is InChI=1S/C13H18N2O5S/c1-9-3-4-11(20-2)12(7-9)21(18,19)15-6-5-14-8-10(15)13(16)17/h3-4,7,10,14H,5-6,8H2,1-2H3,(H,16,17). The number of sulfonamides is 1. The van der Waals surface area contributed by atoms with E-state index in [1.165, 1.54) is 13.2 Å². The molecule has 1 atom stereocenters. The molecule has 2 rings (SSSR count). The van der Waals surface area contributed by atoms with E-state index in [1.54, 1.807) is 19.1 Å². The van der Waals surface area contributed by atoms with Gasteiger partial charge in [0.25, 0.3) is 0 Å². The molecule has 8 heteroatoms. The summed E-state index contributed by atoms with van der Waals surface area (Å²) in [4.78, 5) is 11.3. The highest BCUT2D eigenvalue weighted by molar-refractivity contribution is 7.89. The quantitative estimate of drug-likeness (QED) is 0.815. The summed E-state index contributed by atoms with van der Waals surface area (Å²) in [6.07, 6.45) is 0. The Morgan fingerprint density at radius 2 is 2.19 bits per heavy atom. The summed E-state index contributed by atoms with van der Waals surface area (Å²) < 4.78 is 31.7. The Bertz CT molecular complexity index is 644. The van der Waals surface area contributed by atoms with Crippen LogP contribution in [0.15, 0.2) is 23.1 Å². The van der Waals surface area contributed by atoms with Crippen LogP contribution in [-0.2, 0) is 14.8 Å². The predicted octanol–water partition coefficient (Wildman–Crippen LogP) is 0.0507. The number of benzene rings is 1. The third-order valence-corrected chi connectivity index (χ3v) is 5.31. The van der Waals surface area contributed by atoms with Crippen molar-refractivity contribution in [3.63, 3.8) is 0 Å². The van der Waals surface area contributed by atoms with Crippen LogP contribution in [0.1, 0.15) is 5.56 Å². The topological polar surface area (TPSA) is 95.9 Å². The van der Waals surface area contributed by atoms with E-state index in [9.17, 15) is 18.3 Å². The van der Waals surface area contributed by atoms with E-state index in [-0.39, 0.29) is 23.7 Å². The van der Waals surface area contributed by atoms with Gasteiger partial charge in [0.2, 0.25) is 10.0 Å². The van der Waals surface area contributed by atoms with Crippen LogP contribution in [0.25, 0.3) is 0 Å². The van der Waals surface area contributed by atoms with Gasteiger partial charge in [-0.05, 0) is 24.6 Å². The summed E-state index contributed by atoms with van der Waals surface area (Å²) in [6.45, 7) is 2.38. The van der Waals surface area contributed by atoms with Gasteiger partial charge in [0.15, 0.2) is 0 Å². The van der Waals surface area contributed by atoms with E-state index in [2.05, 4.69) is 5.32 Å². The van der Waals surface area contributed by atoms with Gasteiger partial charge in [-0.15, -0.1) is 0 Å². The SMILES string of the molecule is COc1ccc(C)cc1S(=O)(=O)N1CCNCC1C(=O)O. The third kappa shape index (κ3) is 3.02. The predicted molar refractivity (Wildman–Crippen MR) is 75.9 cm³/mol. The van der Waals surface area contributed by atoms with Crippen molar-refractivity contribution in [1.82, 2.24) is 9.62 Å². The number of carboxylic acid groups (broad SMARTS) is 1. The van der Waals surface area contributed by atoms with Gasteiger partial charge < -0.3 is 15.2 Å². The zero-order valence-corrected chi connectivity index (χ0v) is 12.7. The lowest BCUT2D eigenvalue weighted by molar-refractivity contribution is -0.141. The van der Waals surface area contributed by atoms with Crippen molar-refractivity contribution in [2.24, 2.45) is 0 Å². The first-order chi connectivity index (χ1) is 9.87. The summed E-state index contributed by atoms with van der Waals surface area (Å²) in [5.74, 6) is -0.958. The molecule has 1 heterocycles. The van der Waals surface area contributed by atoms with E-state index in [1.807, 2.05) is 0 Å². The molecule has 2 N–H and O–H groups in total. The second-order valence-corrected chi connectivity index (χ2v) is 6.69. The number of piperazine rings is 1. The number of nitrogens with one attached hydrogen (secondary N) is 1. The zero-order valence-electron chi connectivity index (χ0n) is 11.9. The van der Waals surface area contributed by atoms with Gasteiger partial charge in [-0.25, -0.2) is 8.42 Å². The molecule has 21 heavy (non-hydrogen) atoms. The summed E-state index contributed by atoms with van der Waals surface area (Å²) in [5, 5.41) is 12.1. The molecule has 1 aromatic carbocycles. The number of hydrogen-bond acceptors (Lipinski definition) is 5. The Balaban J connectivity index is 2.50. The minimum atomic E-state index is -3.93. The molecule has 1 aliphatic heterocycles. The third-order valence-electron chi connectivity index (χ3n) is 3.39. The fraction of sp³-hybridized carbons (Fsp3) is 0.462. The molecule has 1 aromatic rings. The number of aliphatic carboxylic acids is 1. The second-order valence-electron chi connectivity index (χ2n) is 4.83. The van der Waals surface area contributed by atoms with Crippen molar-refractivity contribution in [3.05, 3.63) is 23.8 Å². The van der Waals surface area contributed by atoms with Crippen LogP contribution in [0.2, 0.25) is 0 Å². The molecule has 1 unspecified atom stereocenters. The van der Waals surface area contributed by atoms with Crippen LogP contribution < -0.4 is 10.1 Å². The Labute approximate surface area is 123 Å². The molecule has 0 saturated carbocycles. The van der Waals surface area contributed by atoms with Crippen LogP contribution in [-0.4, -0.2) is 56.6 Å². The molecule has 1 saturated heterocycles. The molecule has 0 spiro atoms. The number of hydrogen-bond donors (Lipinski definition) is 2. The number of methoxy groups -OCH3 is 1. The van der Waals surface area contributed by atoms with Gasteiger partial charge in [0.05, 0.1) is 7.11 Å². The number of ether oxygens (including phenoxy) is 1. The molecule has 0 amide bonds. The van der Waals surface area contributed by atoms with Crippen LogP contribution in [0.4, 0.5) is 0 Å². The smallest absolute Gasteiger partial charge is 0.323 e. The average molecular weight is 314 g/mol. The van der Waals surface area contributed by atoms with E-state index < -0.39 is 22.0 Å². The Hall–Kier alpha value is -1.64. The Morgan fingerprint density at radius 3 is 2.81 bits per heavy atom.